The summed E-state index contributed by atoms with van der Waals surface area (Å²) in [5.41, 5.74) is 2.55. The van der Waals surface area contributed by atoms with Gasteiger partial charge in [-0.15, -0.1) is 0 Å². The first kappa shape index (κ1) is 26.6. The Kier molecular flexibility index (Phi) is 7.74. The van der Waals surface area contributed by atoms with Gasteiger partial charge < -0.3 is 24.2 Å². The van der Waals surface area contributed by atoms with Crippen molar-refractivity contribution in [2.75, 3.05) is 33.3 Å². The van der Waals surface area contributed by atoms with Crippen molar-refractivity contribution in [2.24, 2.45) is 4.99 Å². The van der Waals surface area contributed by atoms with Crippen LogP contribution in [0.3, 0.4) is 0 Å². The van der Waals surface area contributed by atoms with Crippen molar-refractivity contribution in [1.29, 1.82) is 0 Å². The monoisotopic (exact) mass is 546 g/mol. The van der Waals surface area contributed by atoms with Gasteiger partial charge in [0.2, 0.25) is 11.8 Å². The Labute approximate surface area is 231 Å². The molecule has 0 spiro atoms. The number of carbonyl (C=O) groups excluding carboxylic acids is 3. The molecule has 2 aromatic carbocycles. The van der Waals surface area contributed by atoms with Gasteiger partial charge in [-0.25, -0.2) is 9.79 Å². The molecule has 0 aliphatic carbocycles. The topological polar surface area (TPSA) is 91.8 Å². The number of benzene rings is 2. The fourth-order valence-electron chi connectivity index (χ4n) is 4.97. The summed E-state index contributed by atoms with van der Waals surface area (Å²) in [6.45, 7) is 5.38. The summed E-state index contributed by atoms with van der Waals surface area (Å²) in [5, 5.41) is 2.62. The Bertz CT molecular complexity index is 1380. The molecule has 3 heterocycles. The molecule has 39 heavy (non-hydrogen) atoms. The molecule has 0 bridgehead atoms. The van der Waals surface area contributed by atoms with E-state index in [9.17, 15) is 14.4 Å². The summed E-state index contributed by atoms with van der Waals surface area (Å²) < 4.78 is 11.2. The number of amidine groups is 1. The number of amides is 2. The van der Waals surface area contributed by atoms with Crippen molar-refractivity contribution in [3.8, 4) is 11.5 Å². The molecule has 0 aromatic heterocycles. The van der Waals surface area contributed by atoms with E-state index in [0.717, 1.165) is 11.3 Å². The van der Waals surface area contributed by atoms with Gasteiger partial charge in [-0.05, 0) is 42.2 Å². The zero-order chi connectivity index (χ0) is 27.5. The van der Waals surface area contributed by atoms with Crippen molar-refractivity contribution in [2.45, 2.75) is 26.3 Å². The molecule has 0 unspecified atom stereocenters. The van der Waals surface area contributed by atoms with Gasteiger partial charge in [0, 0.05) is 38.8 Å². The highest BCUT2D eigenvalue weighted by Crippen LogP contribution is 2.45. The molecule has 2 aromatic rings. The molecule has 0 N–H and O–H groups in total. The van der Waals surface area contributed by atoms with Crippen LogP contribution in [0.25, 0.3) is 0 Å². The minimum absolute atomic E-state index is 0.0185. The van der Waals surface area contributed by atoms with Crippen LogP contribution in [0.4, 0.5) is 0 Å². The van der Waals surface area contributed by atoms with Gasteiger partial charge in [-0.2, -0.15) is 0 Å². The van der Waals surface area contributed by atoms with Crippen LogP contribution in [0.2, 0.25) is 0 Å². The first-order valence-corrected chi connectivity index (χ1v) is 13.6. The zero-order valence-electron chi connectivity index (χ0n) is 22.1. The van der Waals surface area contributed by atoms with E-state index in [1.165, 1.54) is 18.9 Å². The van der Waals surface area contributed by atoms with Crippen LogP contribution < -0.4 is 4.74 Å². The Morgan fingerprint density at radius 2 is 1.67 bits per heavy atom. The predicted molar refractivity (Wildman–Crippen MR) is 149 cm³/mol. The van der Waals surface area contributed by atoms with Crippen LogP contribution in [0, 0.1) is 0 Å². The summed E-state index contributed by atoms with van der Waals surface area (Å²) in [6.07, 6.45) is 0.149. The fraction of sp³-hybridized carbons (Fsp3) is 0.310. The molecule has 5 rings (SSSR count). The Hall–Kier alpha value is -4.05. The van der Waals surface area contributed by atoms with Crippen LogP contribution in [-0.2, 0) is 19.1 Å². The number of thioether (sulfide) groups is 1. The number of nitrogens with zero attached hydrogens (tertiary/aromatic N) is 4. The van der Waals surface area contributed by atoms with Gasteiger partial charge in [0.1, 0.15) is 11.5 Å². The number of hydrogen-bond donors (Lipinski definition) is 0. The number of piperazine rings is 1. The lowest BCUT2D eigenvalue weighted by molar-refractivity contribution is -0.138. The van der Waals surface area contributed by atoms with Crippen molar-refractivity contribution < 1.29 is 23.9 Å². The van der Waals surface area contributed by atoms with Crippen LogP contribution in [0.15, 0.2) is 82.0 Å². The molecule has 0 radical (unpaired) electrons. The summed E-state index contributed by atoms with van der Waals surface area (Å²) in [5.74, 6) is 0.842. The van der Waals surface area contributed by atoms with E-state index in [1.807, 2.05) is 64.9 Å². The maximum Gasteiger partial charge on any atom is 0.338 e. The molecule has 3 aliphatic rings. The van der Waals surface area contributed by atoms with E-state index in [4.69, 9.17) is 14.5 Å². The second-order valence-electron chi connectivity index (χ2n) is 9.44. The molecule has 10 heteroatoms. The summed E-state index contributed by atoms with van der Waals surface area (Å²) in [4.78, 5) is 48.2. The minimum Gasteiger partial charge on any atom is -0.466 e. The van der Waals surface area contributed by atoms with E-state index >= 15 is 0 Å². The highest BCUT2D eigenvalue weighted by Gasteiger charge is 2.41. The Morgan fingerprint density at radius 3 is 2.36 bits per heavy atom. The highest BCUT2D eigenvalue weighted by atomic mass is 32.2. The molecule has 2 amide bonds. The third-order valence-corrected chi connectivity index (χ3v) is 7.86. The molecule has 1 atom stereocenters. The standard InChI is InChI=1S/C29H30N4O5S/c1-19-26(28(36)37-3)27(21-8-7-11-24(16-21)38-23-9-5-4-6-10-23)33-22(18-39-29(33)30-19)17-25(35)32-14-12-31(13-15-32)20(2)34/h4-11,16,18,27H,12-15,17H2,1-3H3/t27-/m0/s1. The van der Waals surface area contributed by atoms with Gasteiger partial charge in [-0.1, -0.05) is 42.1 Å². The molecule has 202 valence electrons. The maximum atomic E-state index is 13.3. The number of carbonyl (C=O) groups is 3. The number of esters is 1. The molecule has 1 saturated heterocycles. The quantitative estimate of drug-likeness (QED) is 0.499. The first-order valence-electron chi connectivity index (χ1n) is 12.7. The van der Waals surface area contributed by atoms with E-state index < -0.39 is 12.0 Å². The third-order valence-electron chi connectivity index (χ3n) is 6.97. The van der Waals surface area contributed by atoms with Crippen molar-refractivity contribution in [3.63, 3.8) is 0 Å². The highest BCUT2D eigenvalue weighted by molar-refractivity contribution is 8.16. The summed E-state index contributed by atoms with van der Waals surface area (Å²) in [6, 6.07) is 16.5. The van der Waals surface area contributed by atoms with Gasteiger partial charge in [0.05, 0.1) is 30.8 Å². The molecular weight excluding hydrogens is 516 g/mol. The lowest BCUT2D eigenvalue weighted by Crippen LogP contribution is -2.50. The molecule has 1 fully saturated rings. The van der Waals surface area contributed by atoms with Crippen LogP contribution in [0.5, 0.6) is 11.5 Å². The van der Waals surface area contributed by atoms with E-state index in [2.05, 4.69) is 0 Å². The second kappa shape index (κ2) is 11.4. The van der Waals surface area contributed by atoms with E-state index in [0.29, 0.717) is 54.1 Å². The average Bonchev–Trinajstić information content (AvgIpc) is 3.34. The normalized spacial score (nSPS) is 18.8. The Morgan fingerprint density at radius 1 is 0.974 bits per heavy atom. The Balaban J connectivity index is 1.43. The predicted octanol–water partition coefficient (Wildman–Crippen LogP) is 4.31. The van der Waals surface area contributed by atoms with Gasteiger partial charge in [-0.3, -0.25) is 9.59 Å². The number of hydrogen-bond acceptors (Lipinski definition) is 8. The summed E-state index contributed by atoms with van der Waals surface area (Å²) in [7, 11) is 1.35. The minimum atomic E-state index is -0.548. The smallest absolute Gasteiger partial charge is 0.338 e. The zero-order valence-corrected chi connectivity index (χ0v) is 22.9. The van der Waals surface area contributed by atoms with Crippen LogP contribution in [0.1, 0.15) is 31.9 Å². The lowest BCUT2D eigenvalue weighted by Gasteiger charge is -2.37. The lowest BCUT2D eigenvalue weighted by atomic mass is 9.93. The number of aliphatic imine (C=N–C) groups is 1. The number of rotatable bonds is 6. The fourth-order valence-corrected chi connectivity index (χ4v) is 5.93. The molecule has 9 nitrogen and oxygen atoms in total. The van der Waals surface area contributed by atoms with Crippen molar-refractivity contribution >= 4 is 34.7 Å². The SMILES string of the molecule is COC(=O)C1=C(C)N=C2SC=C(CC(=O)N3CCN(C(C)=O)CC3)N2[C@H]1c1cccc(Oc2ccccc2)c1. The molecular formula is C29H30N4O5S. The number of fused-ring (bicyclic) bond motifs is 1. The number of para-hydroxylation sites is 1. The number of ether oxygens (including phenoxy) is 2. The second-order valence-corrected chi connectivity index (χ2v) is 10.3. The average molecular weight is 547 g/mol. The summed E-state index contributed by atoms with van der Waals surface area (Å²) >= 11 is 1.43. The van der Waals surface area contributed by atoms with Crippen LogP contribution in [-0.4, -0.2) is 70.9 Å². The van der Waals surface area contributed by atoms with Gasteiger partial charge in [0.15, 0.2) is 5.17 Å². The van der Waals surface area contributed by atoms with Gasteiger partial charge in [0.25, 0.3) is 0 Å². The molecule has 0 saturated carbocycles. The van der Waals surface area contributed by atoms with Crippen molar-refractivity contribution in [3.05, 3.63) is 82.5 Å². The third kappa shape index (κ3) is 5.56. The maximum absolute atomic E-state index is 13.3. The number of allylic oxidation sites excluding steroid dienone is 1. The largest absolute Gasteiger partial charge is 0.466 e. The van der Waals surface area contributed by atoms with Gasteiger partial charge >= 0.3 is 5.97 Å². The molecule has 3 aliphatic heterocycles. The van der Waals surface area contributed by atoms with Crippen molar-refractivity contribution in [1.82, 2.24) is 14.7 Å². The van der Waals surface area contributed by atoms with Crippen LogP contribution >= 0.6 is 11.8 Å². The van der Waals surface area contributed by atoms with E-state index in [1.54, 1.807) is 23.6 Å². The first-order chi connectivity index (χ1) is 18.9. The number of methoxy groups -OCH3 is 1. The van der Waals surface area contributed by atoms with E-state index in [-0.39, 0.29) is 18.2 Å².